The monoisotopic (exact) mass is 438 g/mol. The third-order valence-corrected chi connectivity index (χ3v) is 5.14. The lowest BCUT2D eigenvalue weighted by molar-refractivity contribution is -0.129. The van der Waals surface area contributed by atoms with Gasteiger partial charge in [-0.1, -0.05) is 69.9 Å². The average Bonchev–Trinajstić information content (AvgIpc) is 2.82. The number of nitrogens with zero attached hydrogens (tertiary/aromatic N) is 2. The predicted molar refractivity (Wildman–Crippen MR) is 130 cm³/mol. The maximum Gasteiger partial charge on any atom is 0.335 e. The van der Waals surface area contributed by atoms with E-state index >= 15 is 0 Å². The van der Waals surface area contributed by atoms with Gasteiger partial charge in [-0.2, -0.15) is 0 Å². The van der Waals surface area contributed by atoms with Gasteiger partial charge in [0.25, 0.3) is 0 Å². The standard InChI is InChI=1S/C27H38N2O3/c1-3-5-6-7-8-11-14-26(30)32-25-21-28-27(29-22-25)24-17-15-23(16-18-24)13-10-9-12-20-31-19-4-2/h11,14-18,21-22H,3-10,12-13,19-20H2,1-2H3. The van der Waals surface area contributed by atoms with Gasteiger partial charge in [-0.3, -0.25) is 0 Å². The Morgan fingerprint density at radius 1 is 0.875 bits per heavy atom. The summed E-state index contributed by atoms with van der Waals surface area (Å²) < 4.78 is 10.8. The molecule has 0 spiro atoms. The summed E-state index contributed by atoms with van der Waals surface area (Å²) in [7, 11) is 0. The van der Waals surface area contributed by atoms with Crippen molar-refractivity contribution in [1.29, 1.82) is 0 Å². The fourth-order valence-electron chi connectivity index (χ4n) is 3.31. The first kappa shape index (κ1) is 25.7. The smallest absolute Gasteiger partial charge is 0.335 e. The first-order chi connectivity index (χ1) is 15.7. The molecule has 0 N–H and O–H groups in total. The van der Waals surface area contributed by atoms with Crippen LogP contribution in [0.2, 0.25) is 0 Å². The molecule has 0 bridgehead atoms. The fraction of sp³-hybridized carbons (Fsp3) is 0.519. The van der Waals surface area contributed by atoms with Crippen LogP contribution in [0.5, 0.6) is 5.75 Å². The summed E-state index contributed by atoms with van der Waals surface area (Å²) in [5.74, 6) is 0.586. The number of esters is 1. The Bertz CT molecular complexity index is 786. The number of rotatable bonds is 16. The number of ether oxygens (including phenoxy) is 2. The maximum absolute atomic E-state index is 11.9. The van der Waals surface area contributed by atoms with E-state index < -0.39 is 5.97 Å². The number of hydrogen-bond acceptors (Lipinski definition) is 5. The molecule has 0 saturated carbocycles. The highest BCUT2D eigenvalue weighted by Gasteiger charge is 2.05. The van der Waals surface area contributed by atoms with Crippen LogP contribution in [0.25, 0.3) is 11.4 Å². The van der Waals surface area contributed by atoms with E-state index in [1.807, 2.05) is 18.2 Å². The second-order valence-electron chi connectivity index (χ2n) is 8.04. The largest absolute Gasteiger partial charge is 0.420 e. The highest BCUT2D eigenvalue weighted by molar-refractivity contribution is 5.83. The molecule has 2 aromatic rings. The van der Waals surface area contributed by atoms with Gasteiger partial charge >= 0.3 is 5.97 Å². The van der Waals surface area contributed by atoms with Crippen molar-refractivity contribution in [2.75, 3.05) is 13.2 Å². The molecule has 0 fully saturated rings. The molecule has 2 rings (SSSR count). The van der Waals surface area contributed by atoms with E-state index in [2.05, 4.69) is 35.9 Å². The van der Waals surface area contributed by atoms with E-state index in [9.17, 15) is 4.79 Å². The van der Waals surface area contributed by atoms with Crippen molar-refractivity contribution in [2.45, 2.75) is 78.1 Å². The van der Waals surface area contributed by atoms with Crippen LogP contribution in [0.1, 0.15) is 77.2 Å². The van der Waals surface area contributed by atoms with Gasteiger partial charge in [0.05, 0.1) is 12.4 Å². The minimum atomic E-state index is -0.391. The number of aromatic nitrogens is 2. The van der Waals surface area contributed by atoms with Crippen molar-refractivity contribution in [1.82, 2.24) is 9.97 Å². The number of carbonyl (C=O) groups is 1. The summed E-state index contributed by atoms with van der Waals surface area (Å²) in [4.78, 5) is 20.6. The summed E-state index contributed by atoms with van der Waals surface area (Å²) in [6.07, 6.45) is 17.7. The molecule has 5 heteroatoms. The van der Waals surface area contributed by atoms with Gasteiger partial charge in [0.2, 0.25) is 0 Å². The molecule has 0 unspecified atom stereocenters. The van der Waals surface area contributed by atoms with Gasteiger partial charge in [0, 0.05) is 24.9 Å². The lowest BCUT2D eigenvalue weighted by atomic mass is 10.0. The van der Waals surface area contributed by atoms with Crippen molar-refractivity contribution in [3.8, 4) is 17.1 Å². The van der Waals surface area contributed by atoms with Gasteiger partial charge in [-0.15, -0.1) is 0 Å². The van der Waals surface area contributed by atoms with Gasteiger partial charge in [0.15, 0.2) is 11.6 Å². The van der Waals surface area contributed by atoms with E-state index in [1.165, 1.54) is 43.7 Å². The van der Waals surface area contributed by atoms with Crippen molar-refractivity contribution in [3.63, 3.8) is 0 Å². The molecule has 174 valence electrons. The van der Waals surface area contributed by atoms with Crippen LogP contribution in [0.3, 0.4) is 0 Å². The molecule has 32 heavy (non-hydrogen) atoms. The highest BCUT2D eigenvalue weighted by Crippen LogP contribution is 2.18. The van der Waals surface area contributed by atoms with Crippen molar-refractivity contribution in [3.05, 3.63) is 54.4 Å². The fourth-order valence-corrected chi connectivity index (χ4v) is 3.31. The van der Waals surface area contributed by atoms with E-state index in [-0.39, 0.29) is 0 Å². The molecule has 0 radical (unpaired) electrons. The summed E-state index contributed by atoms with van der Waals surface area (Å²) in [6.45, 7) is 6.05. The highest BCUT2D eigenvalue weighted by atomic mass is 16.5. The Balaban J connectivity index is 1.72. The molecular weight excluding hydrogens is 400 g/mol. The topological polar surface area (TPSA) is 61.3 Å². The Morgan fingerprint density at radius 3 is 2.34 bits per heavy atom. The lowest BCUT2D eigenvalue weighted by Gasteiger charge is -2.05. The minimum absolute atomic E-state index is 0.355. The van der Waals surface area contributed by atoms with E-state index in [0.717, 1.165) is 50.9 Å². The Morgan fingerprint density at radius 2 is 1.62 bits per heavy atom. The first-order valence-corrected chi connectivity index (χ1v) is 12.1. The molecule has 0 aliphatic carbocycles. The second kappa shape index (κ2) is 16.2. The molecule has 0 saturated heterocycles. The molecule has 0 aliphatic heterocycles. The summed E-state index contributed by atoms with van der Waals surface area (Å²) >= 11 is 0. The van der Waals surface area contributed by atoms with Crippen LogP contribution in [0, 0.1) is 0 Å². The van der Waals surface area contributed by atoms with Crippen LogP contribution >= 0.6 is 0 Å². The minimum Gasteiger partial charge on any atom is -0.420 e. The normalized spacial score (nSPS) is 11.2. The third kappa shape index (κ3) is 10.7. The maximum atomic E-state index is 11.9. The molecule has 1 aromatic carbocycles. The number of allylic oxidation sites excluding steroid dienone is 1. The number of benzene rings is 1. The van der Waals surface area contributed by atoms with Crippen LogP contribution in [-0.4, -0.2) is 29.2 Å². The van der Waals surface area contributed by atoms with Crippen LogP contribution in [0.15, 0.2) is 48.8 Å². The van der Waals surface area contributed by atoms with Crippen molar-refractivity contribution >= 4 is 5.97 Å². The second-order valence-corrected chi connectivity index (χ2v) is 8.04. The van der Waals surface area contributed by atoms with Gasteiger partial charge in [0.1, 0.15) is 0 Å². The average molecular weight is 439 g/mol. The van der Waals surface area contributed by atoms with Crippen LogP contribution in [-0.2, 0) is 16.0 Å². The number of carbonyl (C=O) groups excluding carboxylic acids is 1. The quantitative estimate of drug-likeness (QED) is 0.165. The SMILES string of the molecule is CCCCCCC=CC(=O)Oc1cnc(-c2ccc(CCCCCOCCC)cc2)nc1. The van der Waals surface area contributed by atoms with Crippen LogP contribution in [0.4, 0.5) is 0 Å². The van der Waals surface area contributed by atoms with Crippen molar-refractivity contribution in [2.24, 2.45) is 0 Å². The van der Waals surface area contributed by atoms with Gasteiger partial charge in [-0.05, 0) is 44.1 Å². The predicted octanol–water partition coefficient (Wildman–Crippen LogP) is 6.72. The molecule has 1 heterocycles. The lowest BCUT2D eigenvalue weighted by Crippen LogP contribution is -2.04. The van der Waals surface area contributed by atoms with E-state index in [0.29, 0.717) is 11.6 Å². The van der Waals surface area contributed by atoms with E-state index in [4.69, 9.17) is 9.47 Å². The number of unbranched alkanes of at least 4 members (excludes halogenated alkanes) is 6. The zero-order chi connectivity index (χ0) is 22.9. The zero-order valence-corrected chi connectivity index (χ0v) is 19.7. The molecule has 1 aromatic heterocycles. The first-order valence-electron chi connectivity index (χ1n) is 12.1. The molecule has 0 amide bonds. The molecule has 0 aliphatic rings. The Labute approximate surface area is 193 Å². The molecule has 5 nitrogen and oxygen atoms in total. The third-order valence-electron chi connectivity index (χ3n) is 5.14. The van der Waals surface area contributed by atoms with Crippen molar-refractivity contribution < 1.29 is 14.3 Å². The summed E-state index contributed by atoms with van der Waals surface area (Å²) in [5.41, 5.74) is 2.27. The van der Waals surface area contributed by atoms with Gasteiger partial charge < -0.3 is 9.47 Å². The number of hydrogen-bond donors (Lipinski definition) is 0. The Kier molecular flexibility index (Phi) is 13.0. The molecule has 0 atom stereocenters. The summed E-state index contributed by atoms with van der Waals surface area (Å²) in [6, 6.07) is 8.35. The molecular formula is C27H38N2O3. The van der Waals surface area contributed by atoms with E-state index in [1.54, 1.807) is 12.4 Å². The van der Waals surface area contributed by atoms with Gasteiger partial charge in [-0.25, -0.2) is 14.8 Å². The summed E-state index contributed by atoms with van der Waals surface area (Å²) in [5, 5.41) is 0. The van der Waals surface area contributed by atoms with Crippen LogP contribution < -0.4 is 4.74 Å². The number of aryl methyl sites for hydroxylation is 1. The Hall–Kier alpha value is -2.53. The zero-order valence-electron chi connectivity index (χ0n) is 19.7.